The van der Waals surface area contributed by atoms with Crippen molar-refractivity contribution in [3.8, 4) is 5.75 Å². The summed E-state index contributed by atoms with van der Waals surface area (Å²) in [6.45, 7) is 0.299. The summed E-state index contributed by atoms with van der Waals surface area (Å²) in [5.74, 6) is -0.661. The molecule has 3 aromatic rings. The van der Waals surface area contributed by atoms with E-state index in [1.807, 2.05) is 48.5 Å². The van der Waals surface area contributed by atoms with Crippen LogP contribution in [0.3, 0.4) is 0 Å². The molecule has 2 heterocycles. The molecule has 9 nitrogen and oxygen atoms in total. The molecular formula is C27H28N4O5S. The van der Waals surface area contributed by atoms with Gasteiger partial charge in [0.1, 0.15) is 17.2 Å². The third kappa shape index (κ3) is 6.46. The first-order valence-electron chi connectivity index (χ1n) is 11.7. The number of thioether (sulfide) groups is 1. The van der Waals surface area contributed by atoms with Gasteiger partial charge in [-0.05, 0) is 34.9 Å². The molecule has 0 radical (unpaired) electrons. The largest absolute Gasteiger partial charge is 0.497 e. The number of amides is 3. The van der Waals surface area contributed by atoms with E-state index in [0.717, 1.165) is 16.7 Å². The maximum absolute atomic E-state index is 13.7. The van der Waals surface area contributed by atoms with Crippen molar-refractivity contribution in [2.45, 2.75) is 36.1 Å². The maximum atomic E-state index is 13.7. The Hall–Kier alpha value is -3.89. The highest BCUT2D eigenvalue weighted by atomic mass is 32.2. The molecule has 1 fully saturated rings. The van der Waals surface area contributed by atoms with Crippen LogP contribution in [0.25, 0.3) is 0 Å². The van der Waals surface area contributed by atoms with Gasteiger partial charge in [-0.2, -0.15) is 0 Å². The summed E-state index contributed by atoms with van der Waals surface area (Å²) in [5.41, 5.74) is 4.18. The van der Waals surface area contributed by atoms with E-state index in [9.17, 15) is 19.6 Å². The van der Waals surface area contributed by atoms with Crippen LogP contribution in [0.4, 0.5) is 0 Å². The molecule has 3 N–H and O–H groups in total. The number of pyridine rings is 1. The second-order valence-corrected chi connectivity index (χ2v) is 9.81. The zero-order valence-electron chi connectivity index (χ0n) is 20.2. The molecule has 4 rings (SSSR count). The number of hydrogen-bond acceptors (Lipinski definition) is 7. The van der Waals surface area contributed by atoms with E-state index in [4.69, 9.17) is 4.74 Å². The van der Waals surface area contributed by atoms with Crippen molar-refractivity contribution in [3.05, 3.63) is 95.8 Å². The Balaban J connectivity index is 1.58. The van der Waals surface area contributed by atoms with E-state index in [1.165, 1.54) is 16.7 Å². The Morgan fingerprint density at radius 1 is 1.08 bits per heavy atom. The molecule has 10 heteroatoms. The Morgan fingerprint density at radius 3 is 2.46 bits per heavy atom. The number of aromatic nitrogens is 1. The number of methoxy groups -OCH3 is 1. The van der Waals surface area contributed by atoms with Gasteiger partial charge >= 0.3 is 0 Å². The van der Waals surface area contributed by atoms with Crippen LogP contribution in [0.1, 0.15) is 28.5 Å². The van der Waals surface area contributed by atoms with Crippen LogP contribution < -0.4 is 15.5 Å². The van der Waals surface area contributed by atoms with Gasteiger partial charge in [0.15, 0.2) is 0 Å². The van der Waals surface area contributed by atoms with E-state index in [2.05, 4.69) is 10.3 Å². The van der Waals surface area contributed by atoms with E-state index in [-0.39, 0.29) is 24.7 Å². The average Bonchev–Trinajstić information content (AvgIpc) is 3.26. The highest BCUT2D eigenvalue weighted by Crippen LogP contribution is 2.46. The topological polar surface area (TPSA) is 121 Å². The lowest BCUT2D eigenvalue weighted by Gasteiger charge is -2.31. The molecule has 0 saturated carbocycles. The van der Waals surface area contributed by atoms with Gasteiger partial charge in [-0.15, -0.1) is 11.8 Å². The first kappa shape index (κ1) is 26.2. The number of nitrogens with zero attached hydrogens (tertiary/aromatic N) is 2. The number of nitrogens with one attached hydrogen (secondary N) is 2. The van der Waals surface area contributed by atoms with Crippen molar-refractivity contribution in [2.75, 3.05) is 7.11 Å². The summed E-state index contributed by atoms with van der Waals surface area (Å²) < 4.78 is 5.26. The van der Waals surface area contributed by atoms with Crippen LogP contribution in [-0.4, -0.2) is 51.2 Å². The highest BCUT2D eigenvalue weighted by molar-refractivity contribution is 8.01. The summed E-state index contributed by atoms with van der Waals surface area (Å²) in [5, 5.41) is 11.1. The first-order chi connectivity index (χ1) is 18.0. The zero-order chi connectivity index (χ0) is 26.2. The number of rotatable bonds is 10. The molecule has 0 spiro atoms. The smallest absolute Gasteiger partial charge is 0.266 e. The molecule has 3 atom stereocenters. The van der Waals surface area contributed by atoms with E-state index in [0.29, 0.717) is 12.3 Å². The summed E-state index contributed by atoms with van der Waals surface area (Å²) in [6, 6.07) is 19.2. The lowest BCUT2D eigenvalue weighted by atomic mass is 10.0. The fourth-order valence-electron chi connectivity index (χ4n) is 4.19. The molecule has 3 amide bonds. The molecular weight excluding hydrogens is 492 g/mol. The quantitative estimate of drug-likeness (QED) is 0.278. The number of ether oxygens (including phenoxy) is 1. The molecule has 3 unspecified atom stereocenters. The van der Waals surface area contributed by atoms with Crippen LogP contribution in [0, 0.1) is 0 Å². The van der Waals surface area contributed by atoms with Crippen molar-refractivity contribution < 1.29 is 24.3 Å². The van der Waals surface area contributed by atoms with E-state index >= 15 is 0 Å². The molecule has 192 valence electrons. The fraction of sp³-hybridized carbons (Fsp3) is 0.259. The molecule has 1 aromatic heterocycles. The van der Waals surface area contributed by atoms with Gasteiger partial charge < -0.3 is 15.0 Å². The molecule has 1 saturated heterocycles. The molecule has 37 heavy (non-hydrogen) atoms. The van der Waals surface area contributed by atoms with Gasteiger partial charge in [-0.25, -0.2) is 5.48 Å². The molecule has 1 aliphatic heterocycles. The van der Waals surface area contributed by atoms with Gasteiger partial charge in [-0.3, -0.25) is 24.6 Å². The van der Waals surface area contributed by atoms with Gasteiger partial charge in [0.2, 0.25) is 11.8 Å². The minimum atomic E-state index is -0.983. The third-order valence-electron chi connectivity index (χ3n) is 6.08. The number of benzene rings is 2. The summed E-state index contributed by atoms with van der Waals surface area (Å²) in [4.78, 5) is 44.8. The molecule has 2 aromatic carbocycles. The predicted octanol–water partition coefficient (Wildman–Crippen LogP) is 2.86. The van der Waals surface area contributed by atoms with Crippen molar-refractivity contribution in [2.24, 2.45) is 0 Å². The second kappa shape index (κ2) is 12.4. The molecule has 0 aliphatic carbocycles. The number of hydroxylamine groups is 1. The zero-order valence-corrected chi connectivity index (χ0v) is 21.1. The van der Waals surface area contributed by atoms with Crippen molar-refractivity contribution in [1.82, 2.24) is 20.7 Å². The Labute approximate surface area is 219 Å². The van der Waals surface area contributed by atoms with Crippen molar-refractivity contribution in [3.63, 3.8) is 0 Å². The monoisotopic (exact) mass is 520 g/mol. The first-order valence-corrected chi connectivity index (χ1v) is 12.7. The number of carbonyl (C=O) groups is 3. The lowest BCUT2D eigenvalue weighted by molar-refractivity contribution is -0.144. The van der Waals surface area contributed by atoms with Gasteiger partial charge in [0, 0.05) is 31.8 Å². The Bertz CT molecular complexity index is 1210. The summed E-state index contributed by atoms with van der Waals surface area (Å²) >= 11 is 1.31. The number of carbonyl (C=O) groups excluding carboxylic acids is 3. The van der Waals surface area contributed by atoms with Gasteiger partial charge in [0.25, 0.3) is 5.91 Å². The van der Waals surface area contributed by atoms with Crippen molar-refractivity contribution in [1.29, 1.82) is 0 Å². The summed E-state index contributed by atoms with van der Waals surface area (Å²) in [6.07, 6.45) is 3.47. The predicted molar refractivity (Wildman–Crippen MR) is 139 cm³/mol. The maximum Gasteiger partial charge on any atom is 0.266 e. The van der Waals surface area contributed by atoms with E-state index in [1.54, 1.807) is 43.2 Å². The summed E-state index contributed by atoms with van der Waals surface area (Å²) in [7, 11) is 1.57. The average molecular weight is 521 g/mol. The van der Waals surface area contributed by atoms with Gasteiger partial charge in [-0.1, -0.05) is 48.5 Å². The van der Waals surface area contributed by atoms with Crippen LogP contribution in [0.5, 0.6) is 5.75 Å². The van der Waals surface area contributed by atoms with Crippen LogP contribution in [-0.2, 0) is 27.3 Å². The fourth-order valence-corrected chi connectivity index (χ4v) is 5.69. The Morgan fingerprint density at radius 2 is 1.81 bits per heavy atom. The van der Waals surface area contributed by atoms with Crippen molar-refractivity contribution >= 4 is 29.5 Å². The second-order valence-electron chi connectivity index (χ2n) is 8.52. The minimum absolute atomic E-state index is 0.0499. The van der Waals surface area contributed by atoms with Crippen LogP contribution >= 0.6 is 11.8 Å². The highest BCUT2D eigenvalue weighted by Gasteiger charge is 2.47. The van der Waals surface area contributed by atoms with Gasteiger partial charge in [0.05, 0.1) is 12.4 Å². The van der Waals surface area contributed by atoms with Crippen LogP contribution in [0.15, 0.2) is 79.1 Å². The molecule has 1 aliphatic rings. The lowest BCUT2D eigenvalue weighted by Crippen LogP contribution is -2.50. The normalized spacial score (nSPS) is 17.8. The number of hydrogen-bond donors (Lipinski definition) is 3. The third-order valence-corrected chi connectivity index (χ3v) is 7.53. The van der Waals surface area contributed by atoms with Crippen LogP contribution in [0.2, 0.25) is 0 Å². The molecule has 0 bridgehead atoms. The SMILES string of the molecule is COc1ccc(C2SC(CC(=O)NCc3cccnc3)C(=O)N2C(Cc2ccccc2)C(=O)NO)cc1. The Kier molecular flexibility index (Phi) is 8.76. The minimum Gasteiger partial charge on any atom is -0.497 e. The standard InChI is InChI=1S/C27H28N4O5S/c1-36-21-11-9-20(10-12-21)27-31(22(25(33)30-35)14-18-6-3-2-4-7-18)26(34)23(37-27)15-24(32)29-17-19-8-5-13-28-16-19/h2-13,16,22-23,27,35H,14-15,17H2,1H3,(H,29,32)(H,30,33). The van der Waals surface area contributed by atoms with E-state index < -0.39 is 22.6 Å².